The number of rotatable bonds is 31. The molecule has 1 atom stereocenters. The zero-order valence-corrected chi connectivity index (χ0v) is 72.7. The van der Waals surface area contributed by atoms with Crippen LogP contribution in [0.5, 0.6) is 23.0 Å². The SMILES string of the molecule is CC(C)Oc1cc(F)ccc1Nc1ncnc2sc(C(=O)N3CCC(CCO)CC3)nc12.CC(C)Oc1cc(F)ccc1Nc1ncnc2sc(C(=O)NCC(O)CO)nc12.CC(C)Oc1cc(F)ccc1Nc1ncnc2sc(C(=O)NCC3CCNCC3)nc12.CC(C)Oc1cc(F)ccc1Nc1ncnc2sc(C(=O)NCCCN3CCCC3)nc12. The van der Waals surface area contributed by atoms with E-state index in [0.717, 1.165) is 82.6 Å². The molecule has 12 aromatic rings. The fourth-order valence-electron chi connectivity index (χ4n) is 13.2. The molecular weight excluding hydrogens is 1690 g/mol. The van der Waals surface area contributed by atoms with Crippen molar-refractivity contribution < 1.29 is 71.0 Å². The van der Waals surface area contributed by atoms with Gasteiger partial charge in [0, 0.05) is 63.6 Å². The summed E-state index contributed by atoms with van der Waals surface area (Å²) in [7, 11) is 0. The number of benzene rings is 4. The van der Waals surface area contributed by atoms with Crippen molar-refractivity contribution in [1.82, 2.24) is 90.9 Å². The second kappa shape index (κ2) is 44.2. The van der Waals surface area contributed by atoms with E-state index in [1.807, 2.05) is 55.4 Å². The average molecular weight is 1780 g/mol. The molecular formula is C83H98F4N22O11S4. The molecule has 3 fully saturated rings. The van der Waals surface area contributed by atoms with Crippen LogP contribution < -0.4 is 61.5 Å². The van der Waals surface area contributed by atoms with Gasteiger partial charge in [-0.2, -0.15) is 0 Å². The van der Waals surface area contributed by atoms with Crippen LogP contribution in [0.1, 0.15) is 146 Å². The highest BCUT2D eigenvalue weighted by Gasteiger charge is 2.29. The van der Waals surface area contributed by atoms with Crippen molar-refractivity contribution in [2.75, 3.05) is 99.9 Å². The van der Waals surface area contributed by atoms with Crippen LogP contribution >= 0.6 is 45.3 Å². The Morgan fingerprint density at radius 3 is 1.19 bits per heavy atom. The summed E-state index contributed by atoms with van der Waals surface area (Å²) in [6.45, 7) is 22.3. The van der Waals surface area contributed by atoms with E-state index in [1.165, 1.54) is 127 Å². The Bertz CT molecular complexity index is 5610. The number of ether oxygens (including phenoxy) is 4. The Hall–Kier alpha value is -11.4. The number of hydrogen-bond donors (Lipinski definition) is 11. The topological polar surface area (TPSA) is 423 Å². The number of aliphatic hydroxyl groups is 3. The summed E-state index contributed by atoms with van der Waals surface area (Å²) in [5, 5.41) is 52.7. The normalized spacial score (nSPS) is 14.0. The van der Waals surface area contributed by atoms with Gasteiger partial charge in [-0.25, -0.2) is 77.4 Å². The van der Waals surface area contributed by atoms with E-state index in [4.69, 9.17) is 29.2 Å². The predicted octanol–water partition coefficient (Wildman–Crippen LogP) is 13.3. The second-order valence-electron chi connectivity index (χ2n) is 30.2. The Labute approximate surface area is 727 Å². The second-order valence-corrected chi connectivity index (χ2v) is 34.1. The molecule has 0 bridgehead atoms. The van der Waals surface area contributed by atoms with Gasteiger partial charge in [0.1, 0.15) is 113 Å². The van der Waals surface area contributed by atoms with Gasteiger partial charge < -0.3 is 86.6 Å². The summed E-state index contributed by atoms with van der Waals surface area (Å²) < 4.78 is 77.5. The summed E-state index contributed by atoms with van der Waals surface area (Å²) in [4.78, 5) is 109. The number of aliphatic hydroxyl groups excluding tert-OH is 3. The highest BCUT2D eigenvalue weighted by Crippen LogP contribution is 2.39. The molecule has 4 aromatic carbocycles. The maximum Gasteiger partial charge on any atom is 0.282 e. The number of nitrogens with zero attached hydrogens (tertiary/aromatic N) is 14. The number of likely N-dealkylation sites (tertiary alicyclic amines) is 2. The summed E-state index contributed by atoms with van der Waals surface area (Å²) in [5.74, 6) is 1.32. The number of amides is 4. The van der Waals surface area contributed by atoms with Crippen molar-refractivity contribution >= 4 is 156 Å². The van der Waals surface area contributed by atoms with Crippen LogP contribution in [0.2, 0.25) is 0 Å². The van der Waals surface area contributed by atoms with Gasteiger partial charge in [-0.05, 0) is 200 Å². The smallest absolute Gasteiger partial charge is 0.282 e. The largest absolute Gasteiger partial charge is 0.489 e. The number of nitrogens with one attached hydrogen (secondary N) is 8. The monoisotopic (exact) mass is 1780 g/mol. The lowest BCUT2D eigenvalue weighted by molar-refractivity contribution is 0.0677. The first kappa shape index (κ1) is 91.8. The van der Waals surface area contributed by atoms with Gasteiger partial charge in [-0.15, -0.1) is 0 Å². The van der Waals surface area contributed by atoms with Crippen molar-refractivity contribution in [1.29, 1.82) is 0 Å². The first-order valence-electron chi connectivity index (χ1n) is 40.7. The summed E-state index contributed by atoms with van der Waals surface area (Å²) in [6.07, 6.45) is 12.0. The Morgan fingerprint density at radius 2 is 0.823 bits per heavy atom. The number of fused-ring (bicyclic) bond motifs is 4. The molecule has 0 aliphatic carbocycles. The maximum atomic E-state index is 13.7. The van der Waals surface area contributed by atoms with Crippen LogP contribution in [0.25, 0.3) is 41.4 Å². The minimum absolute atomic E-state index is 0.104. The van der Waals surface area contributed by atoms with Crippen molar-refractivity contribution in [3.63, 3.8) is 0 Å². The predicted molar refractivity (Wildman–Crippen MR) is 469 cm³/mol. The van der Waals surface area contributed by atoms with Crippen molar-refractivity contribution in [2.24, 2.45) is 11.8 Å². The van der Waals surface area contributed by atoms with E-state index in [2.05, 4.69) is 107 Å². The van der Waals surface area contributed by atoms with Gasteiger partial charge in [0.25, 0.3) is 23.6 Å². The molecule has 0 saturated carbocycles. The number of carbonyl (C=O) groups excluding carboxylic acids is 4. The van der Waals surface area contributed by atoms with E-state index >= 15 is 0 Å². The number of halogens is 4. The highest BCUT2D eigenvalue weighted by molar-refractivity contribution is 7.21. The summed E-state index contributed by atoms with van der Waals surface area (Å²) in [5.41, 5.74) is 3.97. The summed E-state index contributed by atoms with van der Waals surface area (Å²) >= 11 is 4.72. The Balaban J connectivity index is 0.000000151. The van der Waals surface area contributed by atoms with Gasteiger partial charge >= 0.3 is 0 Å². The van der Waals surface area contributed by atoms with Crippen molar-refractivity contribution in [2.45, 2.75) is 137 Å². The fraction of sp³-hybridized carbons (Fsp3) is 0.422. The molecule has 8 aromatic heterocycles. The number of hydrogen-bond acceptors (Lipinski definition) is 33. The molecule has 3 aliphatic heterocycles. The van der Waals surface area contributed by atoms with E-state index in [9.17, 15) is 41.8 Å². The standard InChI is InChI=1S/C22H27FN6O2S.C22H26FN5O3S.C21H25FN6O2S.C18H20FN5O4S/c1-14(2)31-17-12-15(23)6-7-16(17)27-19-18-21(26-13-25-19)32-22(28-18)20(30)24-8-5-11-29-9-3-4-10-29;1-13(2)31-17-11-15(23)3-4-16(17)26-19-18-20(25-12-24-19)32-21(27-18)22(30)28-8-5-14(6-9-28)7-10-29;1-12(2)30-16-9-14(22)3-4-15(16)27-18-17-20(26-11-25-18)31-21(28-17)19(29)24-10-13-5-7-23-8-6-13;1-9(2)28-13-5-10(19)3-4-12(13)23-15-14-17(22-8-21-15)29-18(24-14)16(27)20-6-11(26)7-25/h6-7,12-14H,3-5,8-11H2,1-2H3,(H,24,30)(H,25,26,27);3-4,11-14,29H,5-10H2,1-2H3,(H,24,25,26);3-4,9,11-13,23H,5-8,10H2,1-2H3,(H,24,29)(H,25,26,27);3-5,8-9,11,25-26H,6-7H2,1-2H3,(H,20,27)(H,21,22,23). The summed E-state index contributed by atoms with van der Waals surface area (Å²) in [6, 6.07) is 16.8. The first-order chi connectivity index (χ1) is 59.8. The fourth-order valence-corrected chi connectivity index (χ4v) is 16.5. The van der Waals surface area contributed by atoms with Gasteiger partial charge in [-0.3, -0.25) is 19.2 Å². The molecule has 4 amide bonds. The number of thiazole rings is 4. The third kappa shape index (κ3) is 25.6. The number of carbonyl (C=O) groups is 4. The van der Waals surface area contributed by atoms with E-state index in [-0.39, 0.29) is 60.3 Å². The van der Waals surface area contributed by atoms with Gasteiger partial charge in [-0.1, -0.05) is 45.3 Å². The number of anilines is 8. The molecule has 3 saturated heterocycles. The maximum absolute atomic E-state index is 13.7. The zero-order valence-electron chi connectivity index (χ0n) is 69.4. The molecule has 0 radical (unpaired) electrons. The van der Waals surface area contributed by atoms with Crippen LogP contribution in [0.3, 0.4) is 0 Å². The first-order valence-corrected chi connectivity index (χ1v) is 43.9. The van der Waals surface area contributed by atoms with Crippen LogP contribution in [-0.2, 0) is 0 Å². The van der Waals surface area contributed by atoms with Crippen LogP contribution in [0.4, 0.5) is 63.6 Å². The molecule has 0 spiro atoms. The molecule has 15 rings (SSSR count). The lowest BCUT2D eigenvalue weighted by atomic mass is 9.94. The number of aromatic nitrogens is 12. The minimum atomic E-state index is -1.05. The van der Waals surface area contributed by atoms with E-state index in [0.29, 0.717) is 163 Å². The highest BCUT2D eigenvalue weighted by atomic mass is 32.1. The van der Waals surface area contributed by atoms with Gasteiger partial charge in [0.15, 0.2) is 43.3 Å². The molecule has 3 aliphatic rings. The third-order valence-electron chi connectivity index (χ3n) is 19.1. The van der Waals surface area contributed by atoms with Crippen molar-refractivity contribution in [3.8, 4) is 23.0 Å². The lowest BCUT2D eigenvalue weighted by Crippen LogP contribution is -2.38. The average Bonchev–Trinajstić information content (AvgIpc) is 1.67. The van der Waals surface area contributed by atoms with Crippen LogP contribution in [0.15, 0.2) is 98.1 Å². The molecule has 658 valence electrons. The Kier molecular flexibility index (Phi) is 32.7. The molecule has 1 unspecified atom stereocenters. The van der Waals surface area contributed by atoms with Crippen molar-refractivity contribution in [3.05, 3.63) is 141 Å². The van der Waals surface area contributed by atoms with E-state index in [1.54, 1.807) is 23.1 Å². The lowest BCUT2D eigenvalue weighted by Gasteiger charge is -2.31. The minimum Gasteiger partial charge on any atom is -0.489 e. The van der Waals surface area contributed by atoms with Crippen LogP contribution in [-0.4, -0.2) is 218 Å². The zero-order chi connectivity index (χ0) is 87.9. The molecule has 11 N–H and O–H groups in total. The van der Waals surface area contributed by atoms with E-state index < -0.39 is 41.9 Å². The van der Waals surface area contributed by atoms with Gasteiger partial charge in [0.2, 0.25) is 0 Å². The van der Waals surface area contributed by atoms with Gasteiger partial charge in [0.05, 0.1) is 59.9 Å². The molecule has 33 nitrogen and oxygen atoms in total. The quantitative estimate of drug-likeness (QED) is 0.0142. The molecule has 11 heterocycles. The Morgan fingerprint density at radius 1 is 0.468 bits per heavy atom. The number of piperidine rings is 2. The molecule has 124 heavy (non-hydrogen) atoms. The van der Waals surface area contributed by atoms with Crippen LogP contribution in [0, 0.1) is 35.1 Å². The third-order valence-corrected chi connectivity index (χ3v) is 22.9. The molecule has 41 heteroatoms.